The van der Waals surface area contributed by atoms with Gasteiger partial charge in [-0.15, -0.1) is 0 Å². The number of hydrogen-bond donors (Lipinski definition) is 6. The maximum atomic E-state index is 13.0. The van der Waals surface area contributed by atoms with E-state index in [1.807, 2.05) is 6.08 Å². The van der Waals surface area contributed by atoms with Crippen LogP contribution in [0.25, 0.3) is 0 Å². The van der Waals surface area contributed by atoms with Crippen molar-refractivity contribution in [1.82, 2.24) is 5.32 Å². The first kappa shape index (κ1) is 62.6. The number of aliphatic hydroxyl groups excluding tert-OH is 5. The van der Waals surface area contributed by atoms with Gasteiger partial charge in [0.1, 0.15) is 24.4 Å². The highest BCUT2D eigenvalue weighted by molar-refractivity contribution is 5.76. The number of carbonyl (C=O) groups excluding carboxylic acids is 1. The van der Waals surface area contributed by atoms with Crippen LogP contribution in [0.15, 0.2) is 72.9 Å². The van der Waals surface area contributed by atoms with E-state index in [4.69, 9.17) is 9.47 Å². The SMILES string of the molecule is CC/C=C\C/C=C\C/C=C\C/C=C\CCCCCCC(=O)NC(COC1OC(CO)C(O)C(O)C1O)C(O)/C=C/CC/C=C/CCCCCCCCCCCCCCCCCCCCCCC. The van der Waals surface area contributed by atoms with Gasteiger partial charge in [0.15, 0.2) is 6.29 Å². The second kappa shape index (κ2) is 47.3. The molecule has 67 heavy (non-hydrogen) atoms. The van der Waals surface area contributed by atoms with Crippen molar-refractivity contribution in [1.29, 1.82) is 0 Å². The highest BCUT2D eigenvalue weighted by Crippen LogP contribution is 2.23. The summed E-state index contributed by atoms with van der Waals surface area (Å²) in [6.07, 6.45) is 58.3. The van der Waals surface area contributed by atoms with Crippen molar-refractivity contribution < 1.29 is 39.8 Å². The number of unbranched alkanes of at least 4 members (excludes halogenated alkanes) is 26. The molecule has 1 amide bonds. The predicted molar refractivity (Wildman–Crippen MR) is 281 cm³/mol. The van der Waals surface area contributed by atoms with Crippen molar-refractivity contribution in [3.05, 3.63) is 72.9 Å². The fraction of sp³-hybridized carbons (Fsp3) is 0.776. The zero-order valence-corrected chi connectivity index (χ0v) is 42.9. The molecule has 388 valence electrons. The Morgan fingerprint density at radius 3 is 1.43 bits per heavy atom. The molecule has 0 saturated carbocycles. The smallest absolute Gasteiger partial charge is 0.220 e. The van der Waals surface area contributed by atoms with Crippen LogP contribution in [0.2, 0.25) is 0 Å². The number of hydrogen-bond acceptors (Lipinski definition) is 8. The molecule has 0 aromatic rings. The number of ether oxygens (including phenoxy) is 2. The van der Waals surface area contributed by atoms with Gasteiger partial charge < -0.3 is 40.3 Å². The lowest BCUT2D eigenvalue weighted by Crippen LogP contribution is -2.60. The summed E-state index contributed by atoms with van der Waals surface area (Å²) in [6.45, 7) is 3.64. The monoisotopic (exact) mass is 942 g/mol. The molecule has 0 bridgehead atoms. The van der Waals surface area contributed by atoms with Gasteiger partial charge in [-0.1, -0.05) is 228 Å². The van der Waals surface area contributed by atoms with E-state index in [-0.39, 0.29) is 12.5 Å². The summed E-state index contributed by atoms with van der Waals surface area (Å²) in [7, 11) is 0. The van der Waals surface area contributed by atoms with E-state index >= 15 is 0 Å². The van der Waals surface area contributed by atoms with Crippen LogP contribution in [0.3, 0.4) is 0 Å². The Kier molecular flexibility index (Phi) is 44.2. The molecule has 0 radical (unpaired) electrons. The number of amides is 1. The quantitative estimate of drug-likeness (QED) is 0.0261. The van der Waals surface area contributed by atoms with Crippen molar-refractivity contribution in [2.24, 2.45) is 0 Å². The zero-order valence-electron chi connectivity index (χ0n) is 42.9. The number of aliphatic hydroxyl groups is 5. The first-order chi connectivity index (χ1) is 32.8. The van der Waals surface area contributed by atoms with Crippen molar-refractivity contribution in [3.8, 4) is 0 Å². The largest absolute Gasteiger partial charge is 0.394 e. The van der Waals surface area contributed by atoms with Crippen LogP contribution in [0, 0.1) is 0 Å². The van der Waals surface area contributed by atoms with E-state index in [2.05, 4.69) is 79.9 Å². The van der Waals surface area contributed by atoms with Gasteiger partial charge in [0.05, 0.1) is 25.4 Å². The lowest BCUT2D eigenvalue weighted by atomic mass is 9.99. The van der Waals surface area contributed by atoms with E-state index < -0.39 is 49.5 Å². The number of rotatable bonds is 46. The van der Waals surface area contributed by atoms with E-state index in [1.54, 1.807) is 6.08 Å². The van der Waals surface area contributed by atoms with E-state index in [0.29, 0.717) is 6.42 Å². The van der Waals surface area contributed by atoms with Crippen LogP contribution in [0.1, 0.15) is 232 Å². The van der Waals surface area contributed by atoms with Crippen LogP contribution in [0.4, 0.5) is 0 Å². The first-order valence-corrected chi connectivity index (χ1v) is 27.7. The minimum absolute atomic E-state index is 0.211. The molecule has 1 fully saturated rings. The average molecular weight is 942 g/mol. The highest BCUT2D eigenvalue weighted by atomic mass is 16.7. The molecule has 7 unspecified atom stereocenters. The van der Waals surface area contributed by atoms with Gasteiger partial charge in [-0.2, -0.15) is 0 Å². The van der Waals surface area contributed by atoms with Crippen molar-refractivity contribution in [3.63, 3.8) is 0 Å². The maximum Gasteiger partial charge on any atom is 0.220 e. The molecule has 9 nitrogen and oxygen atoms in total. The van der Waals surface area contributed by atoms with Gasteiger partial charge >= 0.3 is 0 Å². The molecule has 6 N–H and O–H groups in total. The molecule has 1 heterocycles. The molecule has 1 saturated heterocycles. The summed E-state index contributed by atoms with van der Waals surface area (Å²) in [5, 5.41) is 54.4. The van der Waals surface area contributed by atoms with Crippen LogP contribution < -0.4 is 5.32 Å². The standard InChI is InChI=1S/C58H103NO8/c1-3-5-7-9-11-13-15-17-19-21-22-23-24-25-26-27-28-29-30-32-33-35-37-39-41-43-45-47-52(61)51(50-66-58-57(65)56(64)55(63)53(49-60)67-58)59-54(62)48-46-44-42-40-38-36-34-31-20-18-16-14-12-10-8-6-4-2/h6,8,12,14,18,20,34,36-37,39,45,47,51-53,55-58,60-61,63-65H,3-5,7,9-11,13,15-17,19,21-33,35,38,40-44,46,48-50H2,1-2H3,(H,59,62)/b8-6-,14-12-,20-18-,36-34-,39-37+,47-45+. The van der Waals surface area contributed by atoms with Crippen LogP contribution in [0.5, 0.6) is 0 Å². The van der Waals surface area contributed by atoms with Crippen LogP contribution in [-0.4, -0.2) is 87.5 Å². The predicted octanol–water partition coefficient (Wildman–Crippen LogP) is 13.3. The van der Waals surface area contributed by atoms with Crippen LogP contribution in [-0.2, 0) is 14.3 Å². The third kappa shape index (κ3) is 37.2. The normalized spacial score (nSPS) is 20.3. The van der Waals surface area contributed by atoms with Gasteiger partial charge in [-0.25, -0.2) is 0 Å². The Labute approximate surface area is 410 Å². The zero-order chi connectivity index (χ0) is 48.7. The molecule has 0 aromatic carbocycles. The average Bonchev–Trinajstić information content (AvgIpc) is 3.33. The van der Waals surface area contributed by atoms with Gasteiger partial charge in [0, 0.05) is 6.42 Å². The Bertz CT molecular complexity index is 1280. The van der Waals surface area contributed by atoms with Gasteiger partial charge in [0.25, 0.3) is 0 Å². The molecule has 9 heteroatoms. The second-order valence-electron chi connectivity index (χ2n) is 19.0. The summed E-state index contributed by atoms with van der Waals surface area (Å²) in [6, 6.07) is -0.839. The lowest BCUT2D eigenvalue weighted by Gasteiger charge is -2.40. The fourth-order valence-corrected chi connectivity index (χ4v) is 8.40. The Balaban J connectivity index is 2.27. The second-order valence-corrected chi connectivity index (χ2v) is 19.0. The molecule has 0 aliphatic carbocycles. The molecular formula is C58H103NO8. The summed E-state index contributed by atoms with van der Waals surface area (Å²) in [5.41, 5.74) is 0. The van der Waals surface area contributed by atoms with Crippen molar-refractivity contribution in [2.45, 2.75) is 275 Å². The first-order valence-electron chi connectivity index (χ1n) is 27.7. The third-order valence-corrected chi connectivity index (χ3v) is 12.8. The summed E-state index contributed by atoms with van der Waals surface area (Å²) in [4.78, 5) is 13.0. The molecule has 1 aliphatic heterocycles. The van der Waals surface area contributed by atoms with Crippen LogP contribution >= 0.6 is 0 Å². The Morgan fingerprint density at radius 2 is 0.940 bits per heavy atom. The molecule has 7 atom stereocenters. The molecule has 0 aromatic heterocycles. The molecule has 1 aliphatic rings. The maximum absolute atomic E-state index is 13.0. The minimum atomic E-state index is -1.58. The lowest BCUT2D eigenvalue weighted by molar-refractivity contribution is -0.302. The molecular weight excluding hydrogens is 839 g/mol. The topological polar surface area (TPSA) is 149 Å². The summed E-state index contributed by atoms with van der Waals surface area (Å²) >= 11 is 0. The van der Waals surface area contributed by atoms with Crippen molar-refractivity contribution in [2.75, 3.05) is 13.2 Å². The van der Waals surface area contributed by atoms with E-state index in [1.165, 1.54) is 135 Å². The number of carbonyl (C=O) groups is 1. The van der Waals surface area contributed by atoms with Gasteiger partial charge in [0.2, 0.25) is 5.91 Å². The van der Waals surface area contributed by atoms with Crippen molar-refractivity contribution >= 4 is 5.91 Å². The van der Waals surface area contributed by atoms with E-state index in [9.17, 15) is 30.3 Å². The molecule has 1 rings (SSSR count). The Morgan fingerprint density at radius 1 is 0.522 bits per heavy atom. The van der Waals surface area contributed by atoms with Gasteiger partial charge in [-0.05, 0) is 70.6 Å². The number of allylic oxidation sites excluding steroid dienone is 11. The summed E-state index contributed by atoms with van der Waals surface area (Å²) in [5.74, 6) is -0.211. The van der Waals surface area contributed by atoms with Gasteiger partial charge in [-0.3, -0.25) is 4.79 Å². The minimum Gasteiger partial charge on any atom is -0.394 e. The third-order valence-electron chi connectivity index (χ3n) is 12.8. The summed E-state index contributed by atoms with van der Waals surface area (Å²) < 4.78 is 11.2. The number of nitrogens with one attached hydrogen (secondary N) is 1. The Hall–Kier alpha value is -2.37. The highest BCUT2D eigenvalue weighted by Gasteiger charge is 2.44. The fourth-order valence-electron chi connectivity index (χ4n) is 8.40. The molecule has 0 spiro atoms. The van der Waals surface area contributed by atoms with E-state index in [0.717, 1.165) is 77.0 Å².